The van der Waals surface area contributed by atoms with E-state index in [1.165, 1.54) is 33.2 Å². The zero-order valence-electron chi connectivity index (χ0n) is 15.9. The molecule has 0 spiro atoms. The number of nitrogens with zero attached hydrogens (tertiary/aromatic N) is 2. The highest BCUT2D eigenvalue weighted by atomic mass is 32.2. The molecule has 9 heteroatoms. The van der Waals surface area contributed by atoms with Crippen LogP contribution in [0.2, 0.25) is 0 Å². The fourth-order valence-corrected chi connectivity index (χ4v) is 3.84. The Hall–Kier alpha value is -2.13. The Morgan fingerprint density at radius 1 is 1.22 bits per heavy atom. The number of nitrogens with one attached hydrogen (secondary N) is 1. The van der Waals surface area contributed by atoms with Crippen LogP contribution in [0.3, 0.4) is 0 Å². The van der Waals surface area contributed by atoms with Gasteiger partial charge in [0.05, 0.1) is 16.4 Å². The molecule has 0 radical (unpaired) electrons. The van der Waals surface area contributed by atoms with Crippen molar-refractivity contribution in [1.29, 1.82) is 0 Å². The van der Waals surface area contributed by atoms with E-state index in [2.05, 4.69) is 10.2 Å². The summed E-state index contributed by atoms with van der Waals surface area (Å²) < 4.78 is 26.0. The lowest BCUT2D eigenvalue weighted by Gasteiger charge is -2.30. The fraction of sp³-hybridized carbons (Fsp3) is 0.556. The van der Waals surface area contributed by atoms with Crippen molar-refractivity contribution in [2.75, 3.05) is 38.6 Å². The third kappa shape index (κ3) is 4.98. The van der Waals surface area contributed by atoms with E-state index in [1.54, 1.807) is 6.07 Å². The van der Waals surface area contributed by atoms with Gasteiger partial charge in [0.2, 0.25) is 10.0 Å². The van der Waals surface area contributed by atoms with E-state index in [0.29, 0.717) is 5.69 Å². The molecule has 1 fully saturated rings. The minimum absolute atomic E-state index is 0.0295. The molecule has 1 aliphatic rings. The van der Waals surface area contributed by atoms with Gasteiger partial charge in [-0.05, 0) is 37.5 Å². The van der Waals surface area contributed by atoms with E-state index >= 15 is 0 Å². The normalized spacial score (nSPS) is 16.2. The zero-order valence-corrected chi connectivity index (χ0v) is 16.8. The summed E-state index contributed by atoms with van der Waals surface area (Å²) in [5.74, 6) is -2.21. The van der Waals surface area contributed by atoms with E-state index in [1.807, 2.05) is 0 Å². The van der Waals surface area contributed by atoms with Gasteiger partial charge in [-0.15, -0.1) is 0 Å². The Balaban J connectivity index is 2.39. The number of carbonyl (C=O) groups is 2. The molecular formula is C18H27N3O5S. The molecule has 1 saturated heterocycles. The smallest absolute Gasteiger partial charge is 0.308 e. The molecule has 1 amide bonds. The van der Waals surface area contributed by atoms with E-state index < -0.39 is 27.8 Å². The summed E-state index contributed by atoms with van der Waals surface area (Å²) in [5, 5.41) is 11.6. The Bertz CT molecular complexity index is 801. The first-order valence-electron chi connectivity index (χ1n) is 8.97. The maximum atomic E-state index is 12.7. The van der Waals surface area contributed by atoms with Crippen molar-refractivity contribution >= 4 is 27.6 Å². The van der Waals surface area contributed by atoms with Gasteiger partial charge in [-0.1, -0.05) is 6.92 Å². The van der Waals surface area contributed by atoms with Crippen LogP contribution in [-0.4, -0.2) is 63.4 Å². The molecule has 0 aromatic heterocycles. The molecule has 2 N–H and O–H groups in total. The third-order valence-corrected chi connectivity index (χ3v) is 6.49. The zero-order chi connectivity index (χ0) is 20.2. The van der Waals surface area contributed by atoms with Crippen LogP contribution in [0.15, 0.2) is 23.1 Å². The molecule has 0 bridgehead atoms. The number of rotatable bonds is 7. The monoisotopic (exact) mass is 397 g/mol. The second-order valence-corrected chi connectivity index (χ2v) is 9.12. The molecule has 8 nitrogen and oxygen atoms in total. The van der Waals surface area contributed by atoms with Gasteiger partial charge in [0.25, 0.3) is 5.91 Å². The van der Waals surface area contributed by atoms with Crippen LogP contribution in [0.1, 0.15) is 36.5 Å². The highest BCUT2D eigenvalue weighted by Crippen LogP contribution is 2.28. The summed E-state index contributed by atoms with van der Waals surface area (Å²) >= 11 is 0. The highest BCUT2D eigenvalue weighted by molar-refractivity contribution is 7.89. The molecule has 1 heterocycles. The summed E-state index contributed by atoms with van der Waals surface area (Å²) in [4.78, 5) is 25.8. The largest absolute Gasteiger partial charge is 0.481 e. The maximum absolute atomic E-state index is 12.7. The Labute approximate surface area is 160 Å². The maximum Gasteiger partial charge on any atom is 0.308 e. The molecule has 2 rings (SSSR count). The molecule has 0 saturated carbocycles. The lowest BCUT2D eigenvalue weighted by Crippen LogP contribution is -2.35. The lowest BCUT2D eigenvalue weighted by molar-refractivity contribution is -0.140. The lowest BCUT2D eigenvalue weighted by atomic mass is 10.1. The average Bonchev–Trinajstić information content (AvgIpc) is 2.65. The van der Waals surface area contributed by atoms with Crippen molar-refractivity contribution in [2.45, 2.75) is 31.1 Å². The van der Waals surface area contributed by atoms with Gasteiger partial charge in [-0.2, -0.15) is 0 Å². The molecule has 1 aliphatic heterocycles. The second kappa shape index (κ2) is 8.71. The molecule has 1 aromatic carbocycles. The summed E-state index contributed by atoms with van der Waals surface area (Å²) in [6.45, 7) is 3.07. The van der Waals surface area contributed by atoms with Crippen molar-refractivity contribution in [2.24, 2.45) is 5.92 Å². The molecular weight excluding hydrogens is 370 g/mol. The van der Waals surface area contributed by atoms with Gasteiger partial charge in [-0.25, -0.2) is 12.7 Å². The molecule has 1 atom stereocenters. The van der Waals surface area contributed by atoms with Crippen LogP contribution in [0.25, 0.3) is 0 Å². The number of piperidine rings is 1. The molecule has 1 unspecified atom stereocenters. The predicted molar refractivity (Wildman–Crippen MR) is 103 cm³/mol. The number of aliphatic carboxylic acids is 1. The number of hydrogen-bond donors (Lipinski definition) is 2. The number of carboxylic acid groups (broad SMARTS) is 1. The van der Waals surface area contributed by atoms with Crippen LogP contribution >= 0.6 is 0 Å². The average molecular weight is 397 g/mol. The van der Waals surface area contributed by atoms with Crippen molar-refractivity contribution in [1.82, 2.24) is 9.62 Å². The molecule has 1 aromatic rings. The minimum atomic E-state index is -3.68. The minimum Gasteiger partial charge on any atom is -0.481 e. The standard InChI is InChI=1S/C18H27N3O5S/c1-13(18(23)24)12-19-17(22)15-11-14(27(25,26)20(2)3)7-8-16(15)21-9-5-4-6-10-21/h7-8,11,13H,4-6,9-10,12H2,1-3H3,(H,19,22)(H,23,24). The SMILES string of the molecule is CC(CNC(=O)c1cc(S(=O)(=O)N(C)C)ccc1N1CCCCC1)C(=O)O. The Morgan fingerprint density at radius 2 is 1.85 bits per heavy atom. The van der Waals surface area contributed by atoms with Crippen molar-refractivity contribution < 1.29 is 23.1 Å². The highest BCUT2D eigenvalue weighted by Gasteiger charge is 2.24. The third-order valence-electron chi connectivity index (χ3n) is 4.68. The van der Waals surface area contributed by atoms with Crippen molar-refractivity contribution in [3.05, 3.63) is 23.8 Å². The summed E-state index contributed by atoms with van der Waals surface area (Å²) in [6.07, 6.45) is 3.14. The number of amides is 1. The first-order chi connectivity index (χ1) is 12.6. The predicted octanol–water partition coefficient (Wildman–Crippen LogP) is 1.38. The van der Waals surface area contributed by atoms with Crippen LogP contribution in [0, 0.1) is 5.92 Å². The van der Waals surface area contributed by atoms with Gasteiger partial charge in [0.15, 0.2) is 0 Å². The second-order valence-electron chi connectivity index (χ2n) is 6.96. The summed E-state index contributed by atoms with van der Waals surface area (Å²) in [7, 11) is -0.819. The fourth-order valence-electron chi connectivity index (χ4n) is 2.91. The van der Waals surface area contributed by atoms with E-state index in [9.17, 15) is 18.0 Å². The van der Waals surface area contributed by atoms with Gasteiger partial charge in [-0.3, -0.25) is 9.59 Å². The number of carboxylic acids is 1. The van der Waals surface area contributed by atoms with Crippen LogP contribution < -0.4 is 10.2 Å². The van der Waals surface area contributed by atoms with Crippen molar-refractivity contribution in [3.8, 4) is 0 Å². The van der Waals surface area contributed by atoms with Crippen LogP contribution in [0.5, 0.6) is 0 Å². The Kier molecular flexibility index (Phi) is 6.83. The first kappa shape index (κ1) is 21.2. The van der Waals surface area contributed by atoms with Crippen molar-refractivity contribution in [3.63, 3.8) is 0 Å². The first-order valence-corrected chi connectivity index (χ1v) is 10.4. The van der Waals surface area contributed by atoms with E-state index in [0.717, 1.165) is 36.7 Å². The van der Waals surface area contributed by atoms with Gasteiger partial charge >= 0.3 is 5.97 Å². The number of carbonyl (C=O) groups excluding carboxylic acids is 1. The Morgan fingerprint density at radius 3 is 2.41 bits per heavy atom. The van der Waals surface area contributed by atoms with E-state index in [-0.39, 0.29) is 17.0 Å². The van der Waals surface area contributed by atoms with Gasteiger partial charge in [0.1, 0.15) is 0 Å². The molecule has 150 valence electrons. The van der Waals surface area contributed by atoms with Crippen LogP contribution in [0.4, 0.5) is 5.69 Å². The number of anilines is 1. The molecule has 0 aliphatic carbocycles. The number of sulfonamides is 1. The quantitative estimate of drug-likeness (QED) is 0.720. The molecule has 27 heavy (non-hydrogen) atoms. The number of benzene rings is 1. The van der Waals surface area contributed by atoms with Crippen LogP contribution in [-0.2, 0) is 14.8 Å². The van der Waals surface area contributed by atoms with E-state index in [4.69, 9.17) is 5.11 Å². The number of hydrogen-bond acceptors (Lipinski definition) is 5. The topological polar surface area (TPSA) is 107 Å². The van der Waals surface area contributed by atoms with Gasteiger partial charge < -0.3 is 15.3 Å². The summed E-state index contributed by atoms with van der Waals surface area (Å²) in [6, 6.07) is 4.55. The van der Waals surface area contributed by atoms with Gasteiger partial charge in [0, 0.05) is 39.4 Å². The summed E-state index contributed by atoms with van der Waals surface area (Å²) in [5.41, 5.74) is 0.922.